The van der Waals surface area contributed by atoms with Gasteiger partial charge < -0.3 is 15.4 Å². The molecule has 5 aromatic carbocycles. The van der Waals surface area contributed by atoms with E-state index < -0.39 is 0 Å². The minimum Gasteiger partial charge on any atom is -0.457 e. The average Bonchev–Trinajstić information content (AvgIpc) is 3.11. The van der Waals surface area contributed by atoms with E-state index in [2.05, 4.69) is 158 Å². The van der Waals surface area contributed by atoms with Crippen molar-refractivity contribution in [2.75, 3.05) is 10.6 Å². The normalized spacial score (nSPS) is 11.8. The lowest BCUT2D eigenvalue weighted by molar-refractivity contribution is -0.363. The highest BCUT2D eigenvalue weighted by atomic mass is 16.5. The van der Waals surface area contributed by atoms with Crippen molar-refractivity contribution in [3.8, 4) is 11.5 Å². The molecule has 7 aromatic rings. The first-order chi connectivity index (χ1) is 23.1. The molecule has 0 radical (unpaired) electrons. The molecular weight excluding hydrogens is 576 g/mol. The Balaban J connectivity index is 0.00000124. The number of pyridine rings is 2. The van der Waals surface area contributed by atoms with Crippen LogP contribution in [0.3, 0.4) is 0 Å². The van der Waals surface area contributed by atoms with Crippen molar-refractivity contribution in [2.24, 2.45) is 0 Å². The highest BCUT2D eigenvalue weighted by molar-refractivity contribution is 6.06. The van der Waals surface area contributed by atoms with Crippen LogP contribution in [0.1, 0.15) is 40.5 Å². The molecule has 0 saturated carbocycles. The van der Waals surface area contributed by atoms with Crippen molar-refractivity contribution in [1.29, 1.82) is 0 Å². The lowest BCUT2D eigenvalue weighted by Gasteiger charge is -2.12. The van der Waals surface area contributed by atoms with Crippen LogP contribution in [0.4, 0.5) is 22.7 Å². The van der Waals surface area contributed by atoms with E-state index in [-0.39, 0.29) is 0 Å². The number of anilines is 4. The first-order valence-corrected chi connectivity index (χ1v) is 16.5. The second-order valence-corrected chi connectivity index (χ2v) is 11.5. The first kappa shape index (κ1) is 31.3. The lowest BCUT2D eigenvalue weighted by Crippen LogP contribution is -2.42. The third-order valence-corrected chi connectivity index (χ3v) is 7.87. The molecule has 5 nitrogen and oxygen atoms in total. The van der Waals surface area contributed by atoms with Gasteiger partial charge in [-0.1, -0.05) is 69.7 Å². The molecule has 7 rings (SSSR count). The molecule has 2 aromatic heterocycles. The highest BCUT2D eigenvalue weighted by Gasteiger charge is 2.14. The van der Waals surface area contributed by atoms with Crippen molar-refractivity contribution in [3.05, 3.63) is 132 Å². The molecule has 2 heterocycles. The van der Waals surface area contributed by atoms with E-state index in [0.29, 0.717) is 0 Å². The fourth-order valence-electron chi connectivity index (χ4n) is 5.76. The van der Waals surface area contributed by atoms with Gasteiger partial charge in [-0.3, -0.25) is 0 Å². The third-order valence-electron chi connectivity index (χ3n) is 7.87. The van der Waals surface area contributed by atoms with Crippen LogP contribution in [0.5, 0.6) is 11.5 Å². The molecule has 0 atom stereocenters. The summed E-state index contributed by atoms with van der Waals surface area (Å²) in [6, 6.07) is 41.4. The molecule has 0 bridgehead atoms. The molecule has 0 spiro atoms. The van der Waals surface area contributed by atoms with E-state index in [1.165, 1.54) is 11.6 Å². The number of H-pyrrole nitrogens is 2. The number of aromatic nitrogens is 2. The fourth-order valence-corrected chi connectivity index (χ4v) is 5.76. The van der Waals surface area contributed by atoms with Gasteiger partial charge in [-0.2, -0.15) is 0 Å². The van der Waals surface area contributed by atoms with Gasteiger partial charge in [-0.15, -0.1) is 0 Å². The summed E-state index contributed by atoms with van der Waals surface area (Å²) < 4.78 is 6.22. The van der Waals surface area contributed by atoms with Crippen LogP contribution in [0, 0.1) is 0 Å². The van der Waals surface area contributed by atoms with Crippen molar-refractivity contribution in [2.45, 2.75) is 40.5 Å². The number of para-hydroxylation sites is 3. The fraction of sp³-hybridized carbons (Fsp3) is 0.143. The van der Waals surface area contributed by atoms with Gasteiger partial charge >= 0.3 is 0 Å². The number of hydrogen-bond acceptors (Lipinski definition) is 3. The largest absolute Gasteiger partial charge is 0.457 e. The Bertz CT molecular complexity index is 2210. The molecule has 47 heavy (non-hydrogen) atoms. The summed E-state index contributed by atoms with van der Waals surface area (Å²) >= 11 is 0. The quantitative estimate of drug-likeness (QED) is 0.175. The highest BCUT2D eigenvalue weighted by Crippen LogP contribution is 2.32. The van der Waals surface area contributed by atoms with Crippen molar-refractivity contribution < 1.29 is 14.7 Å². The number of rotatable bonds is 7. The Kier molecular flexibility index (Phi) is 9.73. The van der Waals surface area contributed by atoms with Gasteiger partial charge in [0.15, 0.2) is 0 Å². The second kappa shape index (κ2) is 14.6. The maximum absolute atomic E-state index is 6.22. The molecule has 0 fully saturated rings. The van der Waals surface area contributed by atoms with Gasteiger partial charge in [0.1, 0.15) is 11.5 Å². The van der Waals surface area contributed by atoms with Crippen LogP contribution in [0.2, 0.25) is 0 Å². The monoisotopic (exact) mass is 618 g/mol. The zero-order valence-electron chi connectivity index (χ0n) is 27.5. The zero-order chi connectivity index (χ0) is 32.6. The Morgan fingerprint density at radius 3 is 1.45 bits per heavy atom. The molecule has 234 valence electrons. The predicted molar refractivity (Wildman–Crippen MR) is 198 cm³/mol. The standard InChI is InChI=1S/C39H32N4O.C3H8/c1-3-11-30-34(4-2)42-35-15-8-5-12-31(35)38(30)40-26-18-22-28(23-19-26)44-29-24-20-27(21-25-29)41-39-32-13-6-9-16-36(32)43-37-17-10-7-14-33(37)39;1-3-2/h4-25,40H,3H2,1-2H3,(H,41,43);3H2,1-2H3/p+2/b30-11+,34-4+;. The Morgan fingerprint density at radius 2 is 0.979 bits per heavy atom. The minimum atomic E-state index is 0.778. The summed E-state index contributed by atoms with van der Waals surface area (Å²) in [6.07, 6.45) is 6.58. The Labute approximate surface area is 276 Å². The maximum atomic E-state index is 6.22. The van der Waals surface area contributed by atoms with Crippen molar-refractivity contribution in [1.82, 2.24) is 0 Å². The Morgan fingerprint density at radius 1 is 0.553 bits per heavy atom. The topological polar surface area (TPSA) is 61.6 Å². The van der Waals surface area contributed by atoms with Crippen LogP contribution >= 0.6 is 0 Å². The summed E-state index contributed by atoms with van der Waals surface area (Å²) in [5, 5.41) is 13.1. The second-order valence-electron chi connectivity index (χ2n) is 11.5. The minimum absolute atomic E-state index is 0.778. The van der Waals surface area contributed by atoms with Gasteiger partial charge in [0.25, 0.3) is 0 Å². The zero-order valence-corrected chi connectivity index (χ0v) is 27.5. The SMILES string of the molecule is C/C=c1/[nH+]c2ccccc2c(Nc2ccc(Oc3ccc(Nc4c5ccccc5[nH+]c5ccccc45)cc3)cc2)/c1=C/CC.CCC. The van der Waals surface area contributed by atoms with Crippen LogP contribution < -0.4 is 35.9 Å². The van der Waals surface area contributed by atoms with Gasteiger partial charge in [0.05, 0.1) is 32.8 Å². The van der Waals surface area contributed by atoms with Crippen LogP contribution in [0.15, 0.2) is 121 Å². The number of ether oxygens (including phenoxy) is 1. The molecule has 4 N–H and O–H groups in total. The number of nitrogens with one attached hydrogen (secondary N) is 4. The van der Waals surface area contributed by atoms with E-state index in [1.807, 2.05) is 24.3 Å². The Hall–Kier alpha value is -5.68. The average molecular weight is 619 g/mol. The molecule has 0 aliphatic heterocycles. The smallest absolute Gasteiger partial charge is 0.213 e. The molecule has 0 aliphatic rings. The third kappa shape index (κ3) is 6.95. The molecule has 0 aliphatic carbocycles. The predicted octanol–water partition coefficient (Wildman–Crippen LogP) is 9.46. The van der Waals surface area contributed by atoms with E-state index in [4.69, 9.17) is 4.74 Å². The summed E-state index contributed by atoms with van der Waals surface area (Å²) in [5.41, 5.74) is 7.46. The van der Waals surface area contributed by atoms with Gasteiger partial charge in [0.2, 0.25) is 21.9 Å². The first-order valence-electron chi connectivity index (χ1n) is 16.5. The summed E-state index contributed by atoms with van der Waals surface area (Å²) in [4.78, 5) is 7.11. The van der Waals surface area contributed by atoms with Gasteiger partial charge in [-0.25, -0.2) is 9.97 Å². The number of benzene rings is 5. The lowest BCUT2D eigenvalue weighted by atomic mass is 10.1. The number of fused-ring (bicyclic) bond motifs is 3. The molecular formula is C42H42N4O+2. The van der Waals surface area contributed by atoms with E-state index in [1.54, 1.807) is 0 Å². The van der Waals surface area contributed by atoms with Crippen LogP contribution in [0.25, 0.3) is 44.9 Å². The van der Waals surface area contributed by atoms with Crippen LogP contribution in [-0.4, -0.2) is 0 Å². The molecule has 0 amide bonds. The van der Waals surface area contributed by atoms with Gasteiger partial charge in [-0.05, 0) is 86.2 Å². The van der Waals surface area contributed by atoms with Crippen LogP contribution in [-0.2, 0) is 0 Å². The van der Waals surface area contributed by atoms with Crippen molar-refractivity contribution in [3.63, 3.8) is 0 Å². The summed E-state index contributed by atoms with van der Waals surface area (Å²) in [5.74, 6) is 1.56. The summed E-state index contributed by atoms with van der Waals surface area (Å²) in [6.45, 7) is 8.48. The van der Waals surface area contributed by atoms with E-state index in [0.717, 1.165) is 78.7 Å². The molecule has 0 saturated heterocycles. The summed E-state index contributed by atoms with van der Waals surface area (Å²) in [7, 11) is 0. The maximum Gasteiger partial charge on any atom is 0.213 e. The number of hydrogen-bond donors (Lipinski definition) is 2. The van der Waals surface area contributed by atoms with Gasteiger partial charge in [0, 0.05) is 29.6 Å². The van der Waals surface area contributed by atoms with E-state index >= 15 is 0 Å². The van der Waals surface area contributed by atoms with Crippen molar-refractivity contribution >= 4 is 67.6 Å². The molecule has 5 heteroatoms. The number of aromatic amines is 2. The van der Waals surface area contributed by atoms with E-state index in [9.17, 15) is 0 Å². The molecule has 0 unspecified atom stereocenters.